The molecule has 23 heavy (non-hydrogen) atoms. The van der Waals surface area contributed by atoms with Crippen LogP contribution in [0.5, 0.6) is 0 Å². The van der Waals surface area contributed by atoms with Crippen molar-refractivity contribution in [2.24, 2.45) is 17.5 Å². The van der Waals surface area contributed by atoms with Gasteiger partial charge in [0.05, 0.1) is 12.2 Å². The molecule has 0 saturated heterocycles. The van der Waals surface area contributed by atoms with Crippen molar-refractivity contribution in [3.05, 3.63) is 17.0 Å². The van der Waals surface area contributed by atoms with Crippen molar-refractivity contribution in [2.75, 3.05) is 13.1 Å². The second-order valence-corrected chi connectivity index (χ2v) is 7.06. The van der Waals surface area contributed by atoms with Gasteiger partial charge in [0, 0.05) is 31.4 Å². The Balaban J connectivity index is 0.00000484. The third-order valence-corrected chi connectivity index (χ3v) is 3.79. The number of aryl methyl sites for hydroxylation is 2. The first-order chi connectivity index (χ1) is 10.2. The van der Waals surface area contributed by atoms with Crippen molar-refractivity contribution in [2.45, 2.75) is 60.9 Å². The Morgan fingerprint density at radius 1 is 1.22 bits per heavy atom. The fourth-order valence-electron chi connectivity index (χ4n) is 2.37. The maximum Gasteiger partial charge on any atom is 0.191 e. The zero-order valence-corrected chi connectivity index (χ0v) is 18.1. The van der Waals surface area contributed by atoms with Crippen molar-refractivity contribution in [1.82, 2.24) is 20.4 Å². The zero-order valence-electron chi connectivity index (χ0n) is 15.8. The first-order valence-electron chi connectivity index (χ1n) is 8.26. The van der Waals surface area contributed by atoms with E-state index in [-0.39, 0.29) is 24.0 Å². The Morgan fingerprint density at radius 3 is 2.35 bits per heavy atom. The molecule has 0 fully saturated rings. The van der Waals surface area contributed by atoms with Crippen LogP contribution in [-0.2, 0) is 13.6 Å². The van der Waals surface area contributed by atoms with Gasteiger partial charge in [-0.05, 0) is 39.0 Å². The van der Waals surface area contributed by atoms with E-state index in [9.17, 15) is 0 Å². The van der Waals surface area contributed by atoms with Crippen LogP contribution >= 0.6 is 24.0 Å². The molecule has 0 aliphatic carbocycles. The fraction of sp³-hybridized carbons (Fsp3) is 0.765. The Morgan fingerprint density at radius 2 is 1.87 bits per heavy atom. The highest BCUT2D eigenvalue weighted by molar-refractivity contribution is 14.0. The average molecular weight is 435 g/mol. The van der Waals surface area contributed by atoms with E-state index in [0.29, 0.717) is 12.0 Å². The SMILES string of the molecule is CCNC(=NCc1c(C)nn(C)c1C)NCCCC(C)(C)C.I. The van der Waals surface area contributed by atoms with E-state index in [1.807, 2.05) is 18.7 Å². The number of nitrogens with zero attached hydrogens (tertiary/aromatic N) is 3. The highest BCUT2D eigenvalue weighted by atomic mass is 127. The molecule has 0 aliphatic heterocycles. The van der Waals surface area contributed by atoms with Gasteiger partial charge in [0.2, 0.25) is 0 Å². The third-order valence-electron chi connectivity index (χ3n) is 3.79. The monoisotopic (exact) mass is 435 g/mol. The summed E-state index contributed by atoms with van der Waals surface area (Å²) in [6, 6.07) is 0. The van der Waals surface area contributed by atoms with E-state index in [4.69, 9.17) is 4.99 Å². The summed E-state index contributed by atoms with van der Waals surface area (Å²) in [7, 11) is 1.98. The molecule has 1 aromatic rings. The molecular formula is C17H34IN5. The summed E-state index contributed by atoms with van der Waals surface area (Å²) in [5, 5.41) is 11.2. The molecule has 0 aliphatic rings. The Bertz CT molecular complexity index is 500. The molecule has 0 unspecified atom stereocenters. The van der Waals surface area contributed by atoms with Crippen LogP contribution < -0.4 is 10.6 Å². The van der Waals surface area contributed by atoms with Gasteiger partial charge in [0.25, 0.3) is 0 Å². The van der Waals surface area contributed by atoms with Crippen LogP contribution in [0, 0.1) is 19.3 Å². The summed E-state index contributed by atoms with van der Waals surface area (Å²) >= 11 is 0. The molecule has 0 radical (unpaired) electrons. The van der Waals surface area contributed by atoms with Crippen LogP contribution in [0.4, 0.5) is 0 Å². The normalized spacial score (nSPS) is 12.0. The number of hydrogen-bond donors (Lipinski definition) is 2. The van der Waals surface area contributed by atoms with Crippen molar-refractivity contribution in [1.29, 1.82) is 0 Å². The van der Waals surface area contributed by atoms with Gasteiger partial charge in [0.1, 0.15) is 0 Å². The van der Waals surface area contributed by atoms with Gasteiger partial charge in [-0.1, -0.05) is 20.8 Å². The van der Waals surface area contributed by atoms with Gasteiger partial charge < -0.3 is 10.6 Å². The van der Waals surface area contributed by atoms with E-state index in [1.54, 1.807) is 0 Å². The van der Waals surface area contributed by atoms with Crippen LogP contribution in [0.2, 0.25) is 0 Å². The molecule has 1 aromatic heterocycles. The zero-order chi connectivity index (χ0) is 16.8. The molecule has 2 N–H and O–H groups in total. The van der Waals surface area contributed by atoms with Gasteiger partial charge in [-0.2, -0.15) is 5.10 Å². The molecule has 1 rings (SSSR count). The molecule has 5 nitrogen and oxygen atoms in total. The summed E-state index contributed by atoms with van der Waals surface area (Å²) in [6.07, 6.45) is 2.36. The largest absolute Gasteiger partial charge is 0.357 e. The molecule has 0 atom stereocenters. The van der Waals surface area contributed by atoms with Crippen molar-refractivity contribution in [3.63, 3.8) is 0 Å². The van der Waals surface area contributed by atoms with Gasteiger partial charge in [-0.25, -0.2) is 4.99 Å². The lowest BCUT2D eigenvalue weighted by atomic mass is 9.91. The molecule has 6 heteroatoms. The van der Waals surface area contributed by atoms with E-state index >= 15 is 0 Å². The summed E-state index contributed by atoms with van der Waals surface area (Å²) < 4.78 is 1.92. The molecular weight excluding hydrogens is 401 g/mol. The van der Waals surface area contributed by atoms with Crippen LogP contribution in [-0.4, -0.2) is 28.8 Å². The van der Waals surface area contributed by atoms with Crippen molar-refractivity contribution >= 4 is 29.9 Å². The number of guanidine groups is 1. The van der Waals surface area contributed by atoms with Gasteiger partial charge >= 0.3 is 0 Å². The number of halogens is 1. The predicted octanol–water partition coefficient (Wildman–Crippen LogP) is 3.54. The topological polar surface area (TPSA) is 54.2 Å². The van der Waals surface area contributed by atoms with Crippen LogP contribution in [0.3, 0.4) is 0 Å². The maximum atomic E-state index is 4.69. The number of nitrogens with one attached hydrogen (secondary N) is 2. The molecule has 0 amide bonds. The number of aromatic nitrogens is 2. The Hall–Kier alpha value is -0.790. The summed E-state index contributed by atoms with van der Waals surface area (Å²) in [4.78, 5) is 4.69. The minimum atomic E-state index is 0. The lowest BCUT2D eigenvalue weighted by Crippen LogP contribution is -2.38. The minimum Gasteiger partial charge on any atom is -0.357 e. The maximum absolute atomic E-state index is 4.69. The molecule has 0 bridgehead atoms. The van der Waals surface area contributed by atoms with E-state index in [2.05, 4.69) is 50.4 Å². The fourth-order valence-corrected chi connectivity index (χ4v) is 2.37. The highest BCUT2D eigenvalue weighted by Gasteiger charge is 2.10. The molecule has 0 saturated carbocycles. The third kappa shape index (κ3) is 8.04. The number of aliphatic imine (C=N–C) groups is 1. The Labute approximate surface area is 158 Å². The second-order valence-electron chi connectivity index (χ2n) is 7.06. The quantitative estimate of drug-likeness (QED) is 0.311. The standard InChI is InChI=1S/C17H33N5.HI/c1-8-18-16(19-11-9-10-17(4,5)6)20-12-15-13(2)21-22(7)14(15)3;/h8-12H2,1-7H3,(H2,18,19,20);1H. The van der Waals surface area contributed by atoms with Gasteiger partial charge in [0.15, 0.2) is 5.96 Å². The molecule has 134 valence electrons. The molecule has 0 spiro atoms. The molecule has 1 heterocycles. The van der Waals surface area contributed by atoms with Gasteiger partial charge in [-0.3, -0.25) is 4.68 Å². The van der Waals surface area contributed by atoms with Gasteiger partial charge in [-0.15, -0.1) is 24.0 Å². The molecule has 0 aromatic carbocycles. The van der Waals surface area contributed by atoms with E-state index in [1.165, 1.54) is 17.7 Å². The first-order valence-corrected chi connectivity index (χ1v) is 8.26. The average Bonchev–Trinajstić information content (AvgIpc) is 2.65. The lowest BCUT2D eigenvalue weighted by Gasteiger charge is -2.18. The second kappa shape index (κ2) is 10.2. The lowest BCUT2D eigenvalue weighted by molar-refractivity contribution is 0.365. The smallest absolute Gasteiger partial charge is 0.191 e. The Kier molecular flexibility index (Phi) is 9.80. The summed E-state index contributed by atoms with van der Waals surface area (Å²) in [5.74, 6) is 0.888. The van der Waals surface area contributed by atoms with Crippen LogP contribution in [0.1, 0.15) is 57.5 Å². The number of rotatable bonds is 6. The van der Waals surface area contributed by atoms with E-state index in [0.717, 1.165) is 31.2 Å². The van der Waals surface area contributed by atoms with Crippen molar-refractivity contribution in [3.8, 4) is 0 Å². The first kappa shape index (κ1) is 22.2. The summed E-state index contributed by atoms with van der Waals surface area (Å²) in [6.45, 7) is 15.5. The number of hydrogen-bond acceptors (Lipinski definition) is 2. The van der Waals surface area contributed by atoms with E-state index < -0.39 is 0 Å². The van der Waals surface area contributed by atoms with Crippen molar-refractivity contribution < 1.29 is 0 Å². The summed E-state index contributed by atoms with van der Waals surface area (Å²) in [5.41, 5.74) is 3.85. The minimum absolute atomic E-state index is 0. The van der Waals surface area contributed by atoms with Crippen LogP contribution in [0.25, 0.3) is 0 Å². The van der Waals surface area contributed by atoms with Crippen LogP contribution in [0.15, 0.2) is 4.99 Å². The predicted molar refractivity (Wildman–Crippen MR) is 110 cm³/mol. The highest BCUT2D eigenvalue weighted by Crippen LogP contribution is 2.19.